The topological polar surface area (TPSA) is 74.6 Å². The standard InChI is InChI=1S/C11H18O4.Mg.2H/c1-2-11(9(12)13,10(14)15)8-6-4-3-5-7-8;;;/h8H,2-7H2,1H3,(H,12,13)(H,14,15);;;/q;+2;2*-1. The average molecular weight is 241 g/mol. The number of aliphatic carboxylic acids is 2. The van der Waals surface area contributed by atoms with Gasteiger partial charge in [0.25, 0.3) is 0 Å². The van der Waals surface area contributed by atoms with Gasteiger partial charge in [0.1, 0.15) is 0 Å². The molecular weight excluding hydrogens is 220 g/mol. The van der Waals surface area contributed by atoms with Gasteiger partial charge >= 0.3 is 35.0 Å². The molecule has 0 aromatic rings. The largest absolute Gasteiger partial charge is 2.00 e. The number of carboxylic acids is 2. The molecule has 0 bridgehead atoms. The van der Waals surface area contributed by atoms with Gasteiger partial charge in [-0.05, 0) is 25.2 Å². The van der Waals surface area contributed by atoms with Gasteiger partial charge in [0.05, 0.1) is 0 Å². The second kappa shape index (κ2) is 6.44. The summed E-state index contributed by atoms with van der Waals surface area (Å²) in [6.45, 7) is 1.65. The molecule has 0 aromatic carbocycles. The third-order valence-electron chi connectivity index (χ3n) is 3.62. The molecule has 1 fully saturated rings. The average Bonchev–Trinajstić information content (AvgIpc) is 2.20. The molecule has 1 saturated carbocycles. The van der Waals surface area contributed by atoms with E-state index in [2.05, 4.69) is 0 Å². The minimum absolute atomic E-state index is 0. The Morgan fingerprint density at radius 3 is 1.94 bits per heavy atom. The Morgan fingerprint density at radius 1 is 1.19 bits per heavy atom. The fraction of sp³-hybridized carbons (Fsp3) is 0.818. The zero-order valence-corrected chi connectivity index (χ0v) is 11.2. The number of carboxylic acid groups (broad SMARTS) is 2. The van der Waals surface area contributed by atoms with E-state index in [1.807, 2.05) is 0 Å². The summed E-state index contributed by atoms with van der Waals surface area (Å²) in [5.41, 5.74) is -1.56. The molecule has 0 atom stereocenters. The molecule has 2 N–H and O–H groups in total. The minimum atomic E-state index is -1.56. The first-order chi connectivity index (χ1) is 7.05. The van der Waals surface area contributed by atoms with E-state index in [1.54, 1.807) is 6.92 Å². The molecule has 4 nitrogen and oxygen atoms in total. The summed E-state index contributed by atoms with van der Waals surface area (Å²) >= 11 is 0. The summed E-state index contributed by atoms with van der Waals surface area (Å²) in [5.74, 6) is -2.56. The second-order valence-electron chi connectivity index (χ2n) is 4.27. The van der Waals surface area contributed by atoms with Crippen LogP contribution >= 0.6 is 0 Å². The number of carbonyl (C=O) groups is 2. The summed E-state index contributed by atoms with van der Waals surface area (Å²) in [6, 6.07) is 0. The Hall–Kier alpha value is -0.294. The maximum atomic E-state index is 11.2. The first-order valence-electron chi connectivity index (χ1n) is 5.52. The van der Waals surface area contributed by atoms with Gasteiger partial charge < -0.3 is 13.1 Å². The van der Waals surface area contributed by atoms with Gasteiger partial charge in [-0.25, -0.2) is 0 Å². The number of hydrogen-bond acceptors (Lipinski definition) is 2. The summed E-state index contributed by atoms with van der Waals surface area (Å²) in [4.78, 5) is 22.4. The van der Waals surface area contributed by atoms with Gasteiger partial charge in [0, 0.05) is 0 Å². The molecule has 90 valence electrons. The number of rotatable bonds is 4. The summed E-state index contributed by atoms with van der Waals surface area (Å²) < 4.78 is 0. The van der Waals surface area contributed by atoms with Gasteiger partial charge in [0.15, 0.2) is 5.41 Å². The van der Waals surface area contributed by atoms with Gasteiger partial charge in [-0.15, -0.1) is 0 Å². The molecule has 0 amide bonds. The third-order valence-corrected chi connectivity index (χ3v) is 3.62. The summed E-state index contributed by atoms with van der Waals surface area (Å²) in [7, 11) is 0. The van der Waals surface area contributed by atoms with Crippen molar-refractivity contribution in [1.29, 1.82) is 0 Å². The van der Waals surface area contributed by atoms with Crippen LogP contribution in [0.4, 0.5) is 0 Å². The first-order valence-corrected chi connectivity index (χ1v) is 5.52. The van der Waals surface area contributed by atoms with E-state index in [0.29, 0.717) is 0 Å². The molecule has 1 aliphatic carbocycles. The Kier molecular flexibility index (Phi) is 6.33. The van der Waals surface area contributed by atoms with E-state index in [0.717, 1.165) is 32.1 Å². The zero-order valence-electron chi connectivity index (χ0n) is 11.7. The van der Waals surface area contributed by atoms with Crippen LogP contribution in [0.25, 0.3) is 0 Å². The van der Waals surface area contributed by atoms with Crippen molar-refractivity contribution in [2.75, 3.05) is 0 Å². The summed E-state index contributed by atoms with van der Waals surface area (Å²) in [5, 5.41) is 18.3. The smallest absolute Gasteiger partial charge is 1.00 e. The molecule has 0 radical (unpaired) electrons. The fourth-order valence-electron chi connectivity index (χ4n) is 2.63. The van der Waals surface area contributed by atoms with Gasteiger partial charge in [-0.2, -0.15) is 0 Å². The molecule has 0 aromatic heterocycles. The van der Waals surface area contributed by atoms with Crippen molar-refractivity contribution in [3.63, 3.8) is 0 Å². The van der Waals surface area contributed by atoms with Gasteiger partial charge in [0.2, 0.25) is 0 Å². The molecule has 0 spiro atoms. The first kappa shape index (κ1) is 15.7. The molecular formula is C11H20MgO4. The van der Waals surface area contributed by atoms with Crippen LogP contribution in [0.2, 0.25) is 0 Å². The van der Waals surface area contributed by atoms with Crippen molar-refractivity contribution >= 4 is 35.0 Å². The van der Waals surface area contributed by atoms with Gasteiger partial charge in [-0.1, -0.05) is 26.2 Å². The van der Waals surface area contributed by atoms with E-state index in [9.17, 15) is 9.59 Å². The SMILES string of the molecule is CCC(C(=O)O)(C(=O)O)C1CCCCC1.[H-].[H-].[Mg+2]. The zero-order chi connectivity index (χ0) is 11.5. The van der Waals surface area contributed by atoms with Crippen LogP contribution in [0.1, 0.15) is 48.3 Å². The van der Waals surface area contributed by atoms with Crippen molar-refractivity contribution < 1.29 is 22.7 Å². The Labute approximate surface area is 115 Å². The van der Waals surface area contributed by atoms with Crippen molar-refractivity contribution in [2.45, 2.75) is 45.4 Å². The summed E-state index contributed by atoms with van der Waals surface area (Å²) in [6.07, 6.45) is 4.62. The van der Waals surface area contributed by atoms with Crippen molar-refractivity contribution in [3.8, 4) is 0 Å². The Bertz CT molecular complexity index is 254. The van der Waals surface area contributed by atoms with E-state index in [1.165, 1.54) is 0 Å². The van der Waals surface area contributed by atoms with Crippen LogP contribution in [0.15, 0.2) is 0 Å². The molecule has 0 aliphatic heterocycles. The van der Waals surface area contributed by atoms with Crippen LogP contribution < -0.4 is 0 Å². The number of hydrogen-bond donors (Lipinski definition) is 2. The fourth-order valence-corrected chi connectivity index (χ4v) is 2.63. The monoisotopic (exact) mass is 240 g/mol. The molecule has 16 heavy (non-hydrogen) atoms. The minimum Gasteiger partial charge on any atom is -1.00 e. The van der Waals surface area contributed by atoms with Crippen LogP contribution in [0.3, 0.4) is 0 Å². The van der Waals surface area contributed by atoms with Crippen molar-refractivity contribution in [1.82, 2.24) is 0 Å². The van der Waals surface area contributed by atoms with E-state index >= 15 is 0 Å². The molecule has 0 saturated heterocycles. The second-order valence-corrected chi connectivity index (χ2v) is 4.27. The van der Waals surface area contributed by atoms with Crippen molar-refractivity contribution in [3.05, 3.63) is 0 Å². The van der Waals surface area contributed by atoms with Crippen molar-refractivity contribution in [2.24, 2.45) is 11.3 Å². The van der Waals surface area contributed by atoms with Crippen LogP contribution in [0.5, 0.6) is 0 Å². The van der Waals surface area contributed by atoms with E-state index in [-0.39, 0.29) is 38.2 Å². The molecule has 1 rings (SSSR count). The predicted molar refractivity (Wildman–Crippen MR) is 62.5 cm³/mol. The maximum Gasteiger partial charge on any atom is 2.00 e. The van der Waals surface area contributed by atoms with Crippen LogP contribution in [-0.2, 0) is 9.59 Å². The van der Waals surface area contributed by atoms with Crippen LogP contribution in [0, 0.1) is 11.3 Å². The Balaban J connectivity index is -0.000000750. The van der Waals surface area contributed by atoms with Crippen LogP contribution in [-0.4, -0.2) is 45.2 Å². The predicted octanol–water partition coefficient (Wildman–Crippen LogP) is 1.98. The molecule has 0 unspecified atom stereocenters. The molecule has 1 aliphatic rings. The quantitative estimate of drug-likeness (QED) is 0.582. The normalized spacial score (nSPS) is 17.6. The van der Waals surface area contributed by atoms with E-state index in [4.69, 9.17) is 10.2 Å². The maximum absolute atomic E-state index is 11.2. The van der Waals surface area contributed by atoms with E-state index < -0.39 is 17.4 Å². The molecule has 0 heterocycles. The van der Waals surface area contributed by atoms with Gasteiger partial charge in [-0.3, -0.25) is 9.59 Å². The third kappa shape index (κ3) is 2.69. The Morgan fingerprint density at radius 2 is 1.62 bits per heavy atom. The molecule has 5 heteroatoms.